The van der Waals surface area contributed by atoms with Crippen LogP contribution < -0.4 is 10.6 Å². The summed E-state index contributed by atoms with van der Waals surface area (Å²) in [7, 11) is 0. The quantitative estimate of drug-likeness (QED) is 0.797. The molecule has 0 spiro atoms. The molecule has 3 N–H and O–H groups in total. The van der Waals surface area contributed by atoms with Gasteiger partial charge in [0.05, 0.1) is 16.9 Å². The third-order valence-electron chi connectivity index (χ3n) is 3.38. The minimum Gasteiger partial charge on any atom is -0.478 e. The number of carbonyl (C=O) groups excluding carboxylic acids is 1. The van der Waals surface area contributed by atoms with Gasteiger partial charge in [0, 0.05) is 18.2 Å². The first-order chi connectivity index (χ1) is 9.89. The fraction of sp³-hybridized carbons (Fsp3) is 0.429. The van der Waals surface area contributed by atoms with E-state index in [1.54, 1.807) is 0 Å². The van der Waals surface area contributed by atoms with Gasteiger partial charge in [-0.2, -0.15) is 0 Å². The average Bonchev–Trinajstić information content (AvgIpc) is 2.86. The smallest absolute Gasteiger partial charge is 0.337 e. The maximum atomic E-state index is 11.9. The van der Waals surface area contributed by atoms with E-state index in [2.05, 4.69) is 10.6 Å². The molecule has 114 valence electrons. The lowest BCUT2D eigenvalue weighted by atomic mass is 10.0. The Labute approximate surface area is 127 Å². The predicted molar refractivity (Wildman–Crippen MR) is 79.0 cm³/mol. The highest BCUT2D eigenvalue weighted by Crippen LogP contribution is 2.24. The molecule has 6 nitrogen and oxygen atoms in total. The first-order valence-electron chi connectivity index (χ1n) is 6.61. The monoisotopic (exact) mass is 312 g/mol. The van der Waals surface area contributed by atoms with Gasteiger partial charge in [-0.05, 0) is 38.0 Å². The average molecular weight is 313 g/mol. The van der Waals surface area contributed by atoms with E-state index in [0.29, 0.717) is 18.2 Å². The lowest BCUT2D eigenvalue weighted by molar-refractivity contribution is 0.0232. The molecule has 1 aromatic carbocycles. The van der Waals surface area contributed by atoms with Crippen molar-refractivity contribution in [3.63, 3.8) is 0 Å². The fourth-order valence-corrected chi connectivity index (χ4v) is 2.38. The van der Waals surface area contributed by atoms with Crippen LogP contribution in [0.1, 0.15) is 30.1 Å². The first kappa shape index (κ1) is 15.6. The molecule has 2 rings (SSSR count). The molecule has 0 aliphatic carbocycles. The molecule has 1 atom stereocenters. The van der Waals surface area contributed by atoms with E-state index in [-0.39, 0.29) is 16.9 Å². The molecule has 1 unspecified atom stereocenters. The third kappa shape index (κ3) is 4.09. The SMILES string of the molecule is CC1(CNC(=O)Nc2ccc(Cl)cc2C(=O)O)CCCO1. The van der Waals surface area contributed by atoms with E-state index in [1.165, 1.54) is 18.2 Å². The van der Waals surface area contributed by atoms with E-state index in [9.17, 15) is 9.59 Å². The Morgan fingerprint density at radius 3 is 2.86 bits per heavy atom. The molecular formula is C14H17ClN2O4. The van der Waals surface area contributed by atoms with Crippen molar-refractivity contribution in [2.45, 2.75) is 25.4 Å². The number of hydrogen-bond acceptors (Lipinski definition) is 3. The van der Waals surface area contributed by atoms with Crippen LogP contribution in [0, 0.1) is 0 Å². The first-order valence-corrected chi connectivity index (χ1v) is 6.99. The van der Waals surface area contributed by atoms with Gasteiger partial charge in [-0.3, -0.25) is 0 Å². The number of hydrogen-bond donors (Lipinski definition) is 3. The summed E-state index contributed by atoms with van der Waals surface area (Å²) in [6, 6.07) is 3.79. The van der Waals surface area contributed by atoms with Crippen LogP contribution in [0.2, 0.25) is 5.02 Å². The van der Waals surface area contributed by atoms with Crippen molar-refractivity contribution >= 4 is 29.3 Å². The van der Waals surface area contributed by atoms with Crippen LogP contribution in [0.5, 0.6) is 0 Å². The Hall–Kier alpha value is -1.79. The van der Waals surface area contributed by atoms with Gasteiger partial charge in [-0.15, -0.1) is 0 Å². The lowest BCUT2D eigenvalue weighted by Gasteiger charge is -2.23. The number of rotatable bonds is 4. The molecule has 1 saturated heterocycles. The molecule has 0 radical (unpaired) electrons. The minimum absolute atomic E-state index is 0.0546. The second kappa shape index (κ2) is 6.32. The summed E-state index contributed by atoms with van der Waals surface area (Å²) in [5.74, 6) is -1.15. The number of halogens is 1. The van der Waals surface area contributed by atoms with Crippen LogP contribution in [-0.2, 0) is 4.74 Å². The summed E-state index contributed by atoms with van der Waals surface area (Å²) < 4.78 is 5.56. The summed E-state index contributed by atoms with van der Waals surface area (Å²) in [6.45, 7) is 3.00. The summed E-state index contributed by atoms with van der Waals surface area (Å²) in [5.41, 5.74) is -0.213. The Bertz CT molecular complexity index is 556. The maximum Gasteiger partial charge on any atom is 0.337 e. The van der Waals surface area contributed by atoms with Crippen molar-refractivity contribution in [2.75, 3.05) is 18.5 Å². The number of aromatic carboxylic acids is 1. The van der Waals surface area contributed by atoms with Gasteiger partial charge in [0.2, 0.25) is 0 Å². The van der Waals surface area contributed by atoms with Crippen molar-refractivity contribution in [3.05, 3.63) is 28.8 Å². The largest absolute Gasteiger partial charge is 0.478 e. The van der Waals surface area contributed by atoms with Gasteiger partial charge >= 0.3 is 12.0 Å². The highest BCUT2D eigenvalue weighted by atomic mass is 35.5. The molecule has 7 heteroatoms. The van der Waals surface area contributed by atoms with Crippen LogP contribution in [0.15, 0.2) is 18.2 Å². The van der Waals surface area contributed by atoms with Crippen LogP contribution in [-0.4, -0.2) is 35.9 Å². The lowest BCUT2D eigenvalue weighted by Crippen LogP contribution is -2.42. The molecule has 1 aromatic rings. The van der Waals surface area contributed by atoms with E-state index in [0.717, 1.165) is 12.8 Å². The molecule has 2 amide bonds. The molecule has 0 bridgehead atoms. The van der Waals surface area contributed by atoms with E-state index < -0.39 is 12.0 Å². The van der Waals surface area contributed by atoms with Gasteiger partial charge in [-0.1, -0.05) is 11.6 Å². The number of carbonyl (C=O) groups is 2. The van der Waals surface area contributed by atoms with Crippen molar-refractivity contribution in [1.29, 1.82) is 0 Å². The second-order valence-corrected chi connectivity index (χ2v) is 5.64. The van der Waals surface area contributed by atoms with E-state index in [1.807, 2.05) is 6.92 Å². The number of urea groups is 1. The zero-order chi connectivity index (χ0) is 15.5. The summed E-state index contributed by atoms with van der Waals surface area (Å²) in [6.07, 6.45) is 1.86. The number of nitrogens with one attached hydrogen (secondary N) is 2. The molecule has 1 aliphatic heterocycles. The molecule has 21 heavy (non-hydrogen) atoms. The minimum atomic E-state index is -1.15. The Kier molecular flexibility index (Phi) is 4.69. The highest BCUT2D eigenvalue weighted by Gasteiger charge is 2.30. The van der Waals surface area contributed by atoms with Crippen molar-refractivity contribution in [2.24, 2.45) is 0 Å². The van der Waals surface area contributed by atoms with E-state index in [4.69, 9.17) is 21.4 Å². The van der Waals surface area contributed by atoms with Gasteiger partial charge in [0.15, 0.2) is 0 Å². The number of amides is 2. The summed E-state index contributed by atoms with van der Waals surface area (Å²) in [4.78, 5) is 23.0. The highest BCUT2D eigenvalue weighted by molar-refractivity contribution is 6.31. The molecule has 0 saturated carbocycles. The fourth-order valence-electron chi connectivity index (χ4n) is 2.21. The van der Waals surface area contributed by atoms with Crippen molar-refractivity contribution in [3.8, 4) is 0 Å². The van der Waals surface area contributed by atoms with Gasteiger partial charge in [0.25, 0.3) is 0 Å². The molecule has 1 heterocycles. The Balaban J connectivity index is 1.98. The molecular weight excluding hydrogens is 296 g/mol. The summed E-state index contributed by atoms with van der Waals surface area (Å²) >= 11 is 5.75. The molecule has 0 aromatic heterocycles. The Morgan fingerprint density at radius 1 is 1.48 bits per heavy atom. The Morgan fingerprint density at radius 2 is 2.24 bits per heavy atom. The number of ether oxygens (including phenoxy) is 1. The van der Waals surface area contributed by atoms with E-state index >= 15 is 0 Å². The van der Waals surface area contributed by atoms with Crippen LogP contribution in [0.25, 0.3) is 0 Å². The molecule has 1 fully saturated rings. The zero-order valence-corrected chi connectivity index (χ0v) is 12.4. The van der Waals surface area contributed by atoms with Gasteiger partial charge in [-0.25, -0.2) is 9.59 Å². The van der Waals surface area contributed by atoms with Crippen molar-refractivity contribution < 1.29 is 19.4 Å². The number of carboxylic acid groups (broad SMARTS) is 1. The number of carboxylic acids is 1. The number of benzene rings is 1. The predicted octanol–water partition coefficient (Wildman–Crippen LogP) is 2.73. The third-order valence-corrected chi connectivity index (χ3v) is 3.62. The summed E-state index contributed by atoms with van der Waals surface area (Å²) in [5, 5.41) is 14.6. The van der Waals surface area contributed by atoms with Gasteiger partial charge in [0.1, 0.15) is 0 Å². The maximum absolute atomic E-state index is 11.9. The zero-order valence-electron chi connectivity index (χ0n) is 11.6. The molecule has 1 aliphatic rings. The van der Waals surface area contributed by atoms with Crippen molar-refractivity contribution in [1.82, 2.24) is 5.32 Å². The standard InChI is InChI=1S/C14H17ClN2O4/c1-14(5-2-6-21-14)8-16-13(20)17-11-4-3-9(15)7-10(11)12(18)19/h3-4,7H,2,5-6,8H2,1H3,(H,18,19)(H2,16,17,20). The second-order valence-electron chi connectivity index (χ2n) is 5.20. The normalized spacial score (nSPS) is 21.0. The topological polar surface area (TPSA) is 87.7 Å². The van der Waals surface area contributed by atoms with Crippen LogP contribution >= 0.6 is 11.6 Å². The van der Waals surface area contributed by atoms with Crippen LogP contribution in [0.3, 0.4) is 0 Å². The van der Waals surface area contributed by atoms with Gasteiger partial charge < -0.3 is 20.5 Å². The number of anilines is 1. The van der Waals surface area contributed by atoms with Crippen LogP contribution in [0.4, 0.5) is 10.5 Å².